The topological polar surface area (TPSA) is 49.8 Å². The van der Waals surface area contributed by atoms with Crippen molar-refractivity contribution < 1.29 is 0 Å². The third kappa shape index (κ3) is 3.62. The van der Waals surface area contributed by atoms with E-state index in [4.69, 9.17) is 0 Å². The number of aryl methyl sites for hydroxylation is 1. The van der Waals surface area contributed by atoms with Crippen LogP contribution in [0.1, 0.15) is 5.56 Å². The Labute approximate surface area is 137 Å². The van der Waals surface area contributed by atoms with Gasteiger partial charge in [-0.05, 0) is 48.9 Å². The fourth-order valence-electron chi connectivity index (χ4n) is 2.05. The predicted octanol–water partition coefficient (Wildman–Crippen LogP) is 5.03. The molecular weight excluding hydrogens is 340 g/mol. The first-order chi connectivity index (χ1) is 10.7. The third-order valence-corrected chi connectivity index (χ3v) is 3.63. The average Bonchev–Trinajstić information content (AvgIpc) is 2.52. The van der Waals surface area contributed by atoms with Crippen LogP contribution in [0, 0.1) is 6.92 Å². The molecule has 3 rings (SSSR count). The maximum absolute atomic E-state index is 4.48. The van der Waals surface area contributed by atoms with E-state index in [0.29, 0.717) is 5.95 Å². The summed E-state index contributed by atoms with van der Waals surface area (Å²) in [5.41, 5.74) is 3.10. The van der Waals surface area contributed by atoms with Crippen LogP contribution < -0.4 is 10.6 Å². The molecule has 3 aromatic rings. The maximum atomic E-state index is 4.48. The summed E-state index contributed by atoms with van der Waals surface area (Å²) in [7, 11) is 0. The molecule has 5 heteroatoms. The van der Waals surface area contributed by atoms with Gasteiger partial charge in [0.2, 0.25) is 5.95 Å². The quantitative estimate of drug-likeness (QED) is 0.689. The molecule has 0 saturated carbocycles. The predicted molar refractivity (Wildman–Crippen MR) is 93.9 cm³/mol. The van der Waals surface area contributed by atoms with Gasteiger partial charge < -0.3 is 10.6 Å². The average molecular weight is 355 g/mol. The number of halogens is 1. The van der Waals surface area contributed by atoms with Crippen LogP contribution in [-0.4, -0.2) is 9.97 Å². The summed E-state index contributed by atoms with van der Waals surface area (Å²) in [6, 6.07) is 17.8. The fraction of sp³-hybridized carbons (Fsp3) is 0.0588. The highest BCUT2D eigenvalue weighted by Crippen LogP contribution is 2.23. The Morgan fingerprint density at radius 1 is 0.955 bits per heavy atom. The minimum absolute atomic E-state index is 0.561. The van der Waals surface area contributed by atoms with E-state index in [2.05, 4.69) is 42.6 Å². The monoisotopic (exact) mass is 354 g/mol. The van der Waals surface area contributed by atoms with Gasteiger partial charge in [0, 0.05) is 22.0 Å². The molecule has 0 unspecified atom stereocenters. The maximum Gasteiger partial charge on any atom is 0.229 e. The van der Waals surface area contributed by atoms with Crippen molar-refractivity contribution in [1.82, 2.24) is 9.97 Å². The molecule has 2 N–H and O–H groups in total. The molecule has 2 aromatic carbocycles. The number of hydrogen-bond acceptors (Lipinski definition) is 4. The number of benzene rings is 2. The second-order valence-corrected chi connectivity index (χ2v) is 5.76. The first-order valence-electron chi connectivity index (χ1n) is 6.89. The molecule has 4 nitrogen and oxygen atoms in total. The molecule has 0 amide bonds. The molecule has 0 bridgehead atoms. The molecular formula is C17H15BrN4. The van der Waals surface area contributed by atoms with Gasteiger partial charge in [0.25, 0.3) is 0 Å². The summed E-state index contributed by atoms with van der Waals surface area (Å²) in [6.45, 7) is 2.04. The standard InChI is InChI=1S/C17H15BrN4/c1-12-11-13(18)7-8-15(12)21-17-19-10-9-16(22-17)20-14-5-3-2-4-6-14/h2-11H,1H3,(H2,19,20,21,22). The van der Waals surface area contributed by atoms with Gasteiger partial charge in [0.1, 0.15) is 5.82 Å². The third-order valence-electron chi connectivity index (χ3n) is 3.14. The van der Waals surface area contributed by atoms with Crippen LogP contribution in [0.3, 0.4) is 0 Å². The Morgan fingerprint density at radius 2 is 1.77 bits per heavy atom. The molecule has 110 valence electrons. The molecule has 0 saturated heterocycles. The van der Waals surface area contributed by atoms with Gasteiger partial charge in [-0.3, -0.25) is 0 Å². The second kappa shape index (κ2) is 6.58. The van der Waals surface area contributed by atoms with Gasteiger partial charge in [-0.1, -0.05) is 34.1 Å². The molecule has 1 aromatic heterocycles. The van der Waals surface area contributed by atoms with Crippen LogP contribution in [0.15, 0.2) is 65.3 Å². The van der Waals surface area contributed by atoms with E-state index < -0.39 is 0 Å². The van der Waals surface area contributed by atoms with Crippen molar-refractivity contribution in [3.63, 3.8) is 0 Å². The van der Waals surface area contributed by atoms with Crippen LogP contribution >= 0.6 is 15.9 Å². The summed E-state index contributed by atoms with van der Waals surface area (Å²) in [4.78, 5) is 8.75. The smallest absolute Gasteiger partial charge is 0.229 e. The molecule has 0 fully saturated rings. The van der Waals surface area contributed by atoms with Crippen molar-refractivity contribution >= 4 is 39.1 Å². The normalized spacial score (nSPS) is 10.3. The SMILES string of the molecule is Cc1cc(Br)ccc1Nc1nccc(Nc2ccccc2)n1. The highest BCUT2D eigenvalue weighted by Gasteiger charge is 2.03. The Hall–Kier alpha value is -2.40. The van der Waals surface area contributed by atoms with Gasteiger partial charge in [-0.25, -0.2) is 4.98 Å². The number of rotatable bonds is 4. The molecule has 0 radical (unpaired) electrons. The van der Waals surface area contributed by atoms with E-state index in [-0.39, 0.29) is 0 Å². The van der Waals surface area contributed by atoms with Crippen molar-refractivity contribution in [3.8, 4) is 0 Å². The van der Waals surface area contributed by atoms with Gasteiger partial charge in [-0.15, -0.1) is 0 Å². The lowest BCUT2D eigenvalue weighted by atomic mass is 10.2. The molecule has 22 heavy (non-hydrogen) atoms. The van der Waals surface area contributed by atoms with Gasteiger partial charge in [-0.2, -0.15) is 4.98 Å². The zero-order valence-corrected chi connectivity index (χ0v) is 13.6. The van der Waals surface area contributed by atoms with E-state index in [0.717, 1.165) is 27.2 Å². The van der Waals surface area contributed by atoms with Gasteiger partial charge in [0.05, 0.1) is 0 Å². The van der Waals surface area contributed by atoms with Crippen molar-refractivity contribution in [2.75, 3.05) is 10.6 Å². The van der Waals surface area contributed by atoms with Crippen LogP contribution in [0.4, 0.5) is 23.1 Å². The molecule has 0 aliphatic rings. The minimum Gasteiger partial charge on any atom is -0.340 e. The number of para-hydroxylation sites is 1. The fourth-order valence-corrected chi connectivity index (χ4v) is 2.52. The molecule has 1 heterocycles. The first kappa shape index (κ1) is 14.5. The number of hydrogen-bond donors (Lipinski definition) is 2. The Balaban J connectivity index is 1.79. The van der Waals surface area contributed by atoms with E-state index in [1.807, 2.05) is 55.5 Å². The van der Waals surface area contributed by atoms with Gasteiger partial charge in [0.15, 0.2) is 0 Å². The van der Waals surface area contributed by atoms with Crippen molar-refractivity contribution in [2.24, 2.45) is 0 Å². The van der Waals surface area contributed by atoms with E-state index >= 15 is 0 Å². The molecule has 0 atom stereocenters. The first-order valence-corrected chi connectivity index (χ1v) is 7.68. The zero-order chi connectivity index (χ0) is 15.4. The zero-order valence-electron chi connectivity index (χ0n) is 12.0. The van der Waals surface area contributed by atoms with Gasteiger partial charge >= 0.3 is 0 Å². The lowest BCUT2D eigenvalue weighted by molar-refractivity contribution is 1.16. The number of anilines is 4. The highest BCUT2D eigenvalue weighted by molar-refractivity contribution is 9.10. The number of nitrogens with zero attached hydrogens (tertiary/aromatic N) is 2. The van der Waals surface area contributed by atoms with Crippen LogP contribution in [0.2, 0.25) is 0 Å². The van der Waals surface area contributed by atoms with Crippen molar-refractivity contribution in [1.29, 1.82) is 0 Å². The second-order valence-electron chi connectivity index (χ2n) is 4.84. The van der Waals surface area contributed by atoms with Crippen molar-refractivity contribution in [3.05, 3.63) is 70.8 Å². The lowest BCUT2D eigenvalue weighted by Gasteiger charge is -2.10. The molecule has 0 aliphatic heterocycles. The summed E-state index contributed by atoms with van der Waals surface area (Å²) in [6.07, 6.45) is 1.73. The van der Waals surface area contributed by atoms with Crippen LogP contribution in [0.25, 0.3) is 0 Å². The molecule has 0 spiro atoms. The summed E-state index contributed by atoms with van der Waals surface area (Å²) >= 11 is 3.46. The highest BCUT2D eigenvalue weighted by atomic mass is 79.9. The summed E-state index contributed by atoms with van der Waals surface area (Å²) in [5.74, 6) is 1.31. The Morgan fingerprint density at radius 3 is 2.55 bits per heavy atom. The van der Waals surface area contributed by atoms with Crippen LogP contribution in [0.5, 0.6) is 0 Å². The number of nitrogens with one attached hydrogen (secondary N) is 2. The number of aromatic nitrogens is 2. The summed E-state index contributed by atoms with van der Waals surface area (Å²) in [5, 5.41) is 6.50. The Bertz CT molecular complexity index is 775. The van der Waals surface area contributed by atoms with E-state index in [9.17, 15) is 0 Å². The van der Waals surface area contributed by atoms with E-state index in [1.54, 1.807) is 6.20 Å². The largest absolute Gasteiger partial charge is 0.340 e. The van der Waals surface area contributed by atoms with Crippen LogP contribution in [-0.2, 0) is 0 Å². The van der Waals surface area contributed by atoms with E-state index in [1.165, 1.54) is 0 Å². The molecule has 0 aliphatic carbocycles. The minimum atomic E-state index is 0.561. The lowest BCUT2D eigenvalue weighted by Crippen LogP contribution is -2.01. The summed E-state index contributed by atoms with van der Waals surface area (Å²) < 4.78 is 1.05. The Kier molecular flexibility index (Phi) is 4.34. The van der Waals surface area contributed by atoms with Crippen molar-refractivity contribution in [2.45, 2.75) is 6.92 Å².